The summed E-state index contributed by atoms with van der Waals surface area (Å²) in [7, 11) is 1.62. The molecule has 0 heterocycles. The largest absolute Gasteiger partial charge is 0.493 e. The van der Waals surface area contributed by atoms with Crippen molar-refractivity contribution in [2.75, 3.05) is 26.9 Å². The van der Waals surface area contributed by atoms with E-state index in [-0.39, 0.29) is 6.61 Å². The molecule has 0 saturated heterocycles. The highest BCUT2D eigenvalue weighted by atomic mass is 35.5. The van der Waals surface area contributed by atoms with Crippen molar-refractivity contribution in [3.05, 3.63) is 22.7 Å². The third kappa shape index (κ3) is 6.55. The number of aliphatic hydroxyl groups excluding tert-OH is 1. The van der Waals surface area contributed by atoms with Gasteiger partial charge in [-0.1, -0.05) is 18.5 Å². The van der Waals surface area contributed by atoms with Crippen molar-refractivity contribution in [1.82, 2.24) is 5.32 Å². The molecule has 0 saturated carbocycles. The minimum atomic E-state index is 0.233. The molecule has 0 aromatic heterocycles. The zero-order valence-electron chi connectivity index (χ0n) is 13.0. The van der Waals surface area contributed by atoms with Crippen LogP contribution in [0, 0.1) is 0 Å². The molecule has 0 spiro atoms. The lowest BCUT2D eigenvalue weighted by Gasteiger charge is -2.16. The molecule has 0 atom stereocenters. The molecule has 0 amide bonds. The molecule has 1 rings (SSSR count). The molecule has 1 aromatic rings. The lowest BCUT2D eigenvalue weighted by molar-refractivity contribution is 0.259. The van der Waals surface area contributed by atoms with Crippen molar-refractivity contribution < 1.29 is 14.6 Å². The number of nitrogens with one attached hydrogen (secondary N) is 1. The first-order valence-electron chi connectivity index (χ1n) is 7.53. The molecule has 0 radical (unpaired) electrons. The van der Waals surface area contributed by atoms with Crippen LogP contribution in [0.4, 0.5) is 0 Å². The lowest BCUT2D eigenvalue weighted by atomic mass is 10.1. The summed E-state index contributed by atoms with van der Waals surface area (Å²) in [4.78, 5) is 0. The summed E-state index contributed by atoms with van der Waals surface area (Å²) >= 11 is 6.12. The predicted molar refractivity (Wildman–Crippen MR) is 86.4 cm³/mol. The smallest absolute Gasteiger partial charge is 0.165 e. The minimum absolute atomic E-state index is 0.233. The highest BCUT2D eigenvalue weighted by molar-refractivity contribution is 6.30. The van der Waals surface area contributed by atoms with Crippen molar-refractivity contribution in [3.63, 3.8) is 0 Å². The zero-order chi connectivity index (χ0) is 15.5. The number of methoxy groups -OCH3 is 1. The molecule has 4 nitrogen and oxygen atoms in total. The Morgan fingerprint density at radius 2 is 2.05 bits per heavy atom. The van der Waals surface area contributed by atoms with Gasteiger partial charge in [0, 0.05) is 29.8 Å². The fourth-order valence-electron chi connectivity index (χ4n) is 2.03. The van der Waals surface area contributed by atoms with Gasteiger partial charge in [0.15, 0.2) is 11.5 Å². The Kier molecular flexibility index (Phi) is 9.22. The molecule has 0 fully saturated rings. The van der Waals surface area contributed by atoms with Gasteiger partial charge in [0.1, 0.15) is 0 Å². The Morgan fingerprint density at radius 3 is 2.71 bits per heavy atom. The first kappa shape index (κ1) is 18.1. The summed E-state index contributed by atoms with van der Waals surface area (Å²) in [5.41, 5.74) is 1.01. The molecule has 0 unspecified atom stereocenters. The Labute approximate surface area is 132 Å². The SMILES string of the molecule is CCCNCc1cc(Cl)cc(OC)c1OCCCCCO. The minimum Gasteiger partial charge on any atom is -0.493 e. The summed E-state index contributed by atoms with van der Waals surface area (Å²) in [5, 5.41) is 12.8. The molecular weight excluding hydrogens is 290 g/mol. The van der Waals surface area contributed by atoms with Gasteiger partial charge in [-0.05, 0) is 38.3 Å². The van der Waals surface area contributed by atoms with E-state index in [1.54, 1.807) is 13.2 Å². The van der Waals surface area contributed by atoms with E-state index in [1.807, 2.05) is 6.07 Å². The molecule has 0 aliphatic heterocycles. The Bertz CT molecular complexity index is 413. The van der Waals surface area contributed by atoms with Crippen LogP contribution in [0.1, 0.15) is 38.2 Å². The van der Waals surface area contributed by atoms with E-state index in [0.717, 1.165) is 43.5 Å². The molecule has 1 aromatic carbocycles. The Hall–Kier alpha value is -0.970. The Morgan fingerprint density at radius 1 is 1.24 bits per heavy atom. The molecule has 0 bridgehead atoms. The number of benzene rings is 1. The Balaban J connectivity index is 2.71. The normalized spacial score (nSPS) is 10.7. The lowest BCUT2D eigenvalue weighted by Crippen LogP contribution is -2.15. The maximum atomic E-state index is 8.78. The number of unbranched alkanes of at least 4 members (excludes halogenated alkanes) is 2. The number of aliphatic hydroxyl groups is 1. The van der Waals surface area contributed by atoms with E-state index in [1.165, 1.54) is 0 Å². The molecule has 0 aliphatic carbocycles. The van der Waals surface area contributed by atoms with Crippen molar-refractivity contribution in [1.29, 1.82) is 0 Å². The van der Waals surface area contributed by atoms with Gasteiger partial charge in [-0.25, -0.2) is 0 Å². The summed E-state index contributed by atoms with van der Waals surface area (Å²) in [6.45, 7) is 4.63. The topological polar surface area (TPSA) is 50.7 Å². The van der Waals surface area contributed by atoms with Crippen LogP contribution in [0.15, 0.2) is 12.1 Å². The molecule has 2 N–H and O–H groups in total. The zero-order valence-corrected chi connectivity index (χ0v) is 13.7. The van der Waals surface area contributed by atoms with Gasteiger partial charge >= 0.3 is 0 Å². The predicted octanol–water partition coefficient (Wildman–Crippen LogP) is 3.39. The molecule has 21 heavy (non-hydrogen) atoms. The van der Waals surface area contributed by atoms with Gasteiger partial charge in [-0.3, -0.25) is 0 Å². The number of hydrogen-bond acceptors (Lipinski definition) is 4. The first-order chi connectivity index (χ1) is 10.2. The third-order valence-corrected chi connectivity index (χ3v) is 3.33. The molecule has 5 heteroatoms. The number of hydrogen-bond donors (Lipinski definition) is 2. The van der Waals surface area contributed by atoms with Crippen LogP contribution in [-0.4, -0.2) is 32.0 Å². The van der Waals surface area contributed by atoms with Crippen LogP contribution in [0.5, 0.6) is 11.5 Å². The third-order valence-electron chi connectivity index (χ3n) is 3.11. The van der Waals surface area contributed by atoms with Crippen molar-refractivity contribution in [2.45, 2.75) is 39.2 Å². The van der Waals surface area contributed by atoms with E-state index >= 15 is 0 Å². The first-order valence-corrected chi connectivity index (χ1v) is 7.91. The van der Waals surface area contributed by atoms with Crippen LogP contribution in [0.3, 0.4) is 0 Å². The number of ether oxygens (including phenoxy) is 2. The average Bonchev–Trinajstić information content (AvgIpc) is 2.48. The van der Waals surface area contributed by atoms with Crippen LogP contribution < -0.4 is 14.8 Å². The fraction of sp³-hybridized carbons (Fsp3) is 0.625. The standard InChI is InChI=1S/C16H26ClNO3/c1-3-7-18-12-13-10-14(17)11-15(20-2)16(13)21-9-6-4-5-8-19/h10-11,18-19H,3-9,12H2,1-2H3. The number of halogens is 1. The molecule has 120 valence electrons. The van der Waals surface area contributed by atoms with Gasteiger partial charge in [0.25, 0.3) is 0 Å². The monoisotopic (exact) mass is 315 g/mol. The fourth-order valence-corrected chi connectivity index (χ4v) is 2.26. The second kappa shape index (κ2) is 10.7. The van der Waals surface area contributed by atoms with Crippen LogP contribution in [-0.2, 0) is 6.54 Å². The van der Waals surface area contributed by atoms with E-state index in [9.17, 15) is 0 Å². The van der Waals surface area contributed by atoms with E-state index in [0.29, 0.717) is 23.9 Å². The van der Waals surface area contributed by atoms with Gasteiger partial charge < -0.3 is 19.9 Å². The highest BCUT2D eigenvalue weighted by Crippen LogP contribution is 2.35. The van der Waals surface area contributed by atoms with E-state index in [4.69, 9.17) is 26.2 Å². The average molecular weight is 316 g/mol. The van der Waals surface area contributed by atoms with E-state index in [2.05, 4.69) is 12.2 Å². The van der Waals surface area contributed by atoms with Crippen molar-refractivity contribution in [3.8, 4) is 11.5 Å². The summed E-state index contributed by atoms with van der Waals surface area (Å²) in [5.74, 6) is 1.42. The van der Waals surface area contributed by atoms with Crippen LogP contribution >= 0.6 is 11.6 Å². The summed E-state index contributed by atoms with van der Waals surface area (Å²) < 4.78 is 11.3. The van der Waals surface area contributed by atoms with Gasteiger partial charge in [-0.2, -0.15) is 0 Å². The molecule has 0 aliphatic rings. The second-order valence-electron chi connectivity index (χ2n) is 4.91. The van der Waals surface area contributed by atoms with Crippen LogP contribution in [0.2, 0.25) is 5.02 Å². The van der Waals surface area contributed by atoms with E-state index < -0.39 is 0 Å². The summed E-state index contributed by atoms with van der Waals surface area (Å²) in [6.07, 6.45) is 3.76. The molecular formula is C16H26ClNO3. The van der Waals surface area contributed by atoms with Gasteiger partial charge in [-0.15, -0.1) is 0 Å². The summed E-state index contributed by atoms with van der Waals surface area (Å²) in [6, 6.07) is 3.68. The number of rotatable bonds is 11. The van der Waals surface area contributed by atoms with Gasteiger partial charge in [0.2, 0.25) is 0 Å². The second-order valence-corrected chi connectivity index (χ2v) is 5.34. The van der Waals surface area contributed by atoms with Crippen molar-refractivity contribution in [2.24, 2.45) is 0 Å². The van der Waals surface area contributed by atoms with Crippen molar-refractivity contribution >= 4 is 11.6 Å². The quantitative estimate of drug-likeness (QED) is 0.615. The van der Waals surface area contributed by atoms with Crippen LogP contribution in [0.25, 0.3) is 0 Å². The maximum absolute atomic E-state index is 8.78. The van der Waals surface area contributed by atoms with Gasteiger partial charge in [0.05, 0.1) is 13.7 Å². The maximum Gasteiger partial charge on any atom is 0.165 e. The highest BCUT2D eigenvalue weighted by Gasteiger charge is 2.12.